The highest BCUT2D eigenvalue weighted by atomic mass is 32.2. The summed E-state index contributed by atoms with van der Waals surface area (Å²) >= 11 is 1.42. The van der Waals surface area contributed by atoms with Crippen molar-refractivity contribution in [3.8, 4) is 16.4 Å². The van der Waals surface area contributed by atoms with Crippen molar-refractivity contribution in [3.05, 3.63) is 53.7 Å². The van der Waals surface area contributed by atoms with Crippen molar-refractivity contribution in [1.82, 2.24) is 9.55 Å². The zero-order valence-corrected chi connectivity index (χ0v) is 13.3. The fourth-order valence-corrected chi connectivity index (χ4v) is 3.51. The summed E-state index contributed by atoms with van der Waals surface area (Å²) in [6.07, 6.45) is 3.73. The Labute approximate surface area is 131 Å². The second-order valence-corrected chi connectivity index (χ2v) is 7.59. The first-order valence-corrected chi connectivity index (χ1v) is 9.15. The minimum atomic E-state index is -3.20. The van der Waals surface area contributed by atoms with Crippen LogP contribution in [-0.4, -0.2) is 30.5 Å². The molecule has 0 unspecified atom stereocenters. The van der Waals surface area contributed by atoms with Crippen molar-refractivity contribution < 1.29 is 13.2 Å². The lowest BCUT2D eigenvalue weighted by Crippen LogP contribution is -1.97. The van der Waals surface area contributed by atoms with Crippen LogP contribution < -0.4 is 0 Å². The van der Waals surface area contributed by atoms with Crippen molar-refractivity contribution >= 4 is 27.5 Å². The Bertz CT molecular complexity index is 922. The van der Waals surface area contributed by atoms with Gasteiger partial charge in [-0.3, -0.25) is 9.36 Å². The molecule has 1 aromatic carbocycles. The molecular formula is C15H12N2O3S2. The number of thiazole rings is 1. The first kappa shape index (κ1) is 14.7. The standard InChI is InChI=1S/C15H12N2O3S2/c1-22(19,20)13-6-4-11(5-7-13)14-10-21-15(16-14)17-8-2-3-12(17)9-18/h2-10H,1H3. The zero-order valence-electron chi connectivity index (χ0n) is 11.6. The van der Waals surface area contributed by atoms with E-state index in [1.165, 1.54) is 17.6 Å². The van der Waals surface area contributed by atoms with Crippen LogP contribution in [-0.2, 0) is 9.84 Å². The number of aromatic nitrogens is 2. The van der Waals surface area contributed by atoms with E-state index in [0.717, 1.165) is 17.5 Å². The van der Waals surface area contributed by atoms with Crippen molar-refractivity contribution in [2.24, 2.45) is 0 Å². The maximum Gasteiger partial charge on any atom is 0.194 e. The third-order valence-corrected chi connectivity index (χ3v) is 5.15. The molecule has 0 aliphatic carbocycles. The third kappa shape index (κ3) is 2.72. The molecule has 0 aliphatic rings. The van der Waals surface area contributed by atoms with E-state index in [1.54, 1.807) is 47.2 Å². The molecule has 0 saturated heterocycles. The fraction of sp³-hybridized carbons (Fsp3) is 0.0667. The predicted octanol–water partition coefficient (Wildman–Crippen LogP) is 2.82. The molecule has 0 N–H and O–H groups in total. The SMILES string of the molecule is CS(=O)(=O)c1ccc(-c2csc(-n3cccc3C=O)n2)cc1. The molecule has 22 heavy (non-hydrogen) atoms. The molecule has 2 aromatic heterocycles. The Morgan fingerprint density at radius 2 is 1.91 bits per heavy atom. The van der Waals surface area contributed by atoms with Crippen molar-refractivity contribution in [1.29, 1.82) is 0 Å². The number of rotatable bonds is 4. The molecule has 0 atom stereocenters. The molecule has 0 radical (unpaired) electrons. The largest absolute Gasteiger partial charge is 0.296 e. The van der Waals surface area contributed by atoms with Crippen LogP contribution in [0.15, 0.2) is 52.9 Å². The summed E-state index contributed by atoms with van der Waals surface area (Å²) in [6, 6.07) is 10.1. The van der Waals surface area contributed by atoms with Gasteiger partial charge in [0, 0.05) is 23.4 Å². The van der Waals surface area contributed by atoms with Crippen molar-refractivity contribution in [2.75, 3.05) is 6.26 Å². The Morgan fingerprint density at radius 3 is 2.55 bits per heavy atom. The summed E-state index contributed by atoms with van der Waals surface area (Å²) in [5.74, 6) is 0. The molecule has 0 spiro atoms. The Balaban J connectivity index is 1.96. The molecule has 0 amide bonds. The Hall–Kier alpha value is -2.25. The van der Waals surface area contributed by atoms with Crippen LogP contribution >= 0.6 is 11.3 Å². The van der Waals surface area contributed by atoms with E-state index in [1.807, 2.05) is 5.38 Å². The quantitative estimate of drug-likeness (QED) is 0.689. The molecule has 2 heterocycles. The summed E-state index contributed by atoms with van der Waals surface area (Å²) in [5, 5.41) is 2.56. The molecule has 7 heteroatoms. The van der Waals surface area contributed by atoms with E-state index in [-0.39, 0.29) is 4.90 Å². The monoisotopic (exact) mass is 332 g/mol. The lowest BCUT2D eigenvalue weighted by molar-refractivity contribution is 0.111. The molecule has 5 nitrogen and oxygen atoms in total. The first-order chi connectivity index (χ1) is 10.5. The van der Waals surface area contributed by atoms with Gasteiger partial charge in [-0.25, -0.2) is 13.4 Å². The highest BCUT2D eigenvalue weighted by Gasteiger charge is 2.10. The van der Waals surface area contributed by atoms with Gasteiger partial charge in [0.15, 0.2) is 21.3 Å². The molecule has 3 rings (SSSR count). The van der Waals surface area contributed by atoms with Crippen LogP contribution in [0.25, 0.3) is 16.4 Å². The number of benzene rings is 1. The number of sulfone groups is 1. The summed E-state index contributed by atoms with van der Waals surface area (Å²) in [6.45, 7) is 0. The van der Waals surface area contributed by atoms with Gasteiger partial charge in [0.05, 0.1) is 16.3 Å². The molecule has 0 aliphatic heterocycles. The van der Waals surface area contributed by atoms with E-state index in [2.05, 4.69) is 4.98 Å². The number of nitrogens with zero attached hydrogens (tertiary/aromatic N) is 2. The predicted molar refractivity (Wildman–Crippen MR) is 85.4 cm³/mol. The summed E-state index contributed by atoms with van der Waals surface area (Å²) in [5.41, 5.74) is 2.11. The van der Waals surface area contributed by atoms with Crippen LogP contribution in [0.2, 0.25) is 0 Å². The fourth-order valence-electron chi connectivity index (χ4n) is 2.04. The van der Waals surface area contributed by atoms with Crippen molar-refractivity contribution in [2.45, 2.75) is 4.90 Å². The van der Waals surface area contributed by atoms with Gasteiger partial charge in [-0.15, -0.1) is 11.3 Å². The van der Waals surface area contributed by atoms with Gasteiger partial charge in [-0.2, -0.15) is 0 Å². The summed E-state index contributed by atoms with van der Waals surface area (Å²) < 4.78 is 24.6. The molecular weight excluding hydrogens is 320 g/mol. The van der Waals surface area contributed by atoms with E-state index in [9.17, 15) is 13.2 Å². The van der Waals surface area contributed by atoms with Gasteiger partial charge in [0.25, 0.3) is 0 Å². The van der Waals surface area contributed by atoms with Crippen LogP contribution in [0, 0.1) is 0 Å². The van der Waals surface area contributed by atoms with Crippen LogP contribution in [0.1, 0.15) is 10.5 Å². The molecule has 0 saturated carbocycles. The maximum absolute atomic E-state index is 11.5. The highest BCUT2D eigenvalue weighted by Crippen LogP contribution is 2.26. The smallest absolute Gasteiger partial charge is 0.194 e. The van der Waals surface area contributed by atoms with Gasteiger partial charge in [0.2, 0.25) is 0 Å². The van der Waals surface area contributed by atoms with Gasteiger partial charge < -0.3 is 0 Å². The first-order valence-electron chi connectivity index (χ1n) is 6.38. The summed E-state index contributed by atoms with van der Waals surface area (Å²) in [4.78, 5) is 15.7. The molecule has 3 aromatic rings. The maximum atomic E-state index is 11.5. The molecule has 112 valence electrons. The van der Waals surface area contributed by atoms with Gasteiger partial charge >= 0.3 is 0 Å². The highest BCUT2D eigenvalue weighted by molar-refractivity contribution is 7.90. The number of hydrogen-bond acceptors (Lipinski definition) is 5. The summed E-state index contributed by atoms with van der Waals surface area (Å²) in [7, 11) is -3.20. The number of hydrogen-bond donors (Lipinski definition) is 0. The minimum absolute atomic E-state index is 0.278. The number of aldehydes is 1. The third-order valence-electron chi connectivity index (χ3n) is 3.18. The number of carbonyl (C=O) groups is 1. The zero-order chi connectivity index (χ0) is 15.7. The van der Waals surface area contributed by atoms with Gasteiger partial charge in [-0.1, -0.05) is 12.1 Å². The lowest BCUT2D eigenvalue weighted by atomic mass is 10.2. The second kappa shape index (κ2) is 5.51. The van der Waals surface area contributed by atoms with Gasteiger partial charge in [0.1, 0.15) is 0 Å². The Kier molecular flexibility index (Phi) is 3.67. The van der Waals surface area contributed by atoms with Crippen LogP contribution in [0.5, 0.6) is 0 Å². The molecule has 0 bridgehead atoms. The second-order valence-electron chi connectivity index (χ2n) is 4.73. The lowest BCUT2D eigenvalue weighted by Gasteiger charge is -2.01. The Morgan fingerprint density at radius 1 is 1.18 bits per heavy atom. The minimum Gasteiger partial charge on any atom is -0.296 e. The van der Waals surface area contributed by atoms with Crippen LogP contribution in [0.3, 0.4) is 0 Å². The van der Waals surface area contributed by atoms with Gasteiger partial charge in [-0.05, 0) is 24.3 Å². The van der Waals surface area contributed by atoms with Crippen molar-refractivity contribution in [3.63, 3.8) is 0 Å². The van der Waals surface area contributed by atoms with E-state index in [4.69, 9.17) is 0 Å². The number of carbonyl (C=O) groups excluding carboxylic acids is 1. The van der Waals surface area contributed by atoms with E-state index >= 15 is 0 Å². The average Bonchev–Trinajstić information content (AvgIpc) is 3.15. The average molecular weight is 332 g/mol. The topological polar surface area (TPSA) is 69.0 Å². The van der Waals surface area contributed by atoms with E-state index < -0.39 is 9.84 Å². The normalized spacial score (nSPS) is 11.5. The molecule has 0 fully saturated rings. The van der Waals surface area contributed by atoms with E-state index in [0.29, 0.717) is 10.8 Å². The van der Waals surface area contributed by atoms with Crippen LogP contribution in [0.4, 0.5) is 0 Å².